The average molecular weight is 532 g/mol. The number of amides is 2. The van der Waals surface area contributed by atoms with Crippen LogP contribution in [-0.4, -0.2) is 91.7 Å². The second-order valence-corrected chi connectivity index (χ2v) is 9.75. The fourth-order valence-electron chi connectivity index (χ4n) is 5.88. The van der Waals surface area contributed by atoms with E-state index in [1.807, 2.05) is 0 Å². The topological polar surface area (TPSA) is 109 Å². The summed E-state index contributed by atoms with van der Waals surface area (Å²) in [7, 11) is 0. The Morgan fingerprint density at radius 1 is 0.974 bits per heavy atom. The maximum absolute atomic E-state index is 14.4. The van der Waals surface area contributed by atoms with Gasteiger partial charge >= 0.3 is 0 Å². The highest BCUT2D eigenvalue weighted by molar-refractivity contribution is 6.50. The second kappa shape index (κ2) is 9.87. The number of nitrogens with zero attached hydrogens (tertiary/aromatic N) is 3. The van der Waals surface area contributed by atoms with Crippen molar-refractivity contribution < 1.29 is 33.7 Å². The highest BCUT2D eigenvalue weighted by Gasteiger charge is 2.67. The molecule has 6 rings (SSSR count). The van der Waals surface area contributed by atoms with Crippen LogP contribution in [0.15, 0.2) is 60.7 Å². The molecule has 2 aromatic carbocycles. The zero-order valence-corrected chi connectivity index (χ0v) is 21.4. The van der Waals surface area contributed by atoms with Crippen LogP contribution in [0.25, 0.3) is 5.76 Å². The summed E-state index contributed by atoms with van der Waals surface area (Å²) < 4.78 is 16.7. The van der Waals surface area contributed by atoms with Crippen molar-refractivity contribution in [3.05, 3.63) is 71.8 Å². The zero-order chi connectivity index (χ0) is 27.1. The van der Waals surface area contributed by atoms with Crippen LogP contribution in [0.4, 0.5) is 5.69 Å². The minimum atomic E-state index is -1.82. The Bertz CT molecular complexity index is 1400. The number of rotatable bonds is 6. The van der Waals surface area contributed by atoms with Gasteiger partial charge in [0.05, 0.1) is 24.5 Å². The first kappa shape index (κ1) is 25.1. The number of fused-ring (bicyclic) bond motifs is 3. The number of aliphatic hydroxyl groups excluding tert-OH is 1. The summed E-state index contributed by atoms with van der Waals surface area (Å²) in [6, 6.07) is 11.9. The summed E-state index contributed by atoms with van der Waals surface area (Å²) >= 11 is 0. The van der Waals surface area contributed by atoms with E-state index in [9.17, 15) is 19.5 Å². The Balaban J connectivity index is 1.53. The SMILES string of the molecule is C=CCN1C(=O)C2(/C(=C(\O)c3ccc4c(c3)OCCO4)C(=O)C(=O)N2CCN2CCOCC2)c2ccccc21. The van der Waals surface area contributed by atoms with Crippen molar-refractivity contribution in [3.63, 3.8) is 0 Å². The number of Topliss-reactive ketones (excluding diaryl/α,β-unsaturated/α-hetero) is 1. The molecule has 1 N–H and O–H groups in total. The molecule has 2 amide bonds. The summed E-state index contributed by atoms with van der Waals surface area (Å²) in [5.41, 5.74) is -0.796. The van der Waals surface area contributed by atoms with Crippen LogP contribution in [-0.2, 0) is 24.7 Å². The van der Waals surface area contributed by atoms with E-state index >= 15 is 0 Å². The molecule has 0 saturated carbocycles. The highest BCUT2D eigenvalue weighted by atomic mass is 16.6. The van der Waals surface area contributed by atoms with Gasteiger partial charge in [-0.05, 0) is 24.3 Å². The average Bonchev–Trinajstić information content (AvgIpc) is 3.35. The third-order valence-electron chi connectivity index (χ3n) is 7.68. The molecule has 10 heteroatoms. The van der Waals surface area contributed by atoms with E-state index in [1.54, 1.807) is 48.5 Å². The molecule has 39 heavy (non-hydrogen) atoms. The lowest BCUT2D eigenvalue weighted by molar-refractivity contribution is -0.144. The fraction of sp³-hybridized carbons (Fsp3) is 0.345. The van der Waals surface area contributed by atoms with Crippen molar-refractivity contribution in [2.75, 3.05) is 64.1 Å². The Kier molecular flexibility index (Phi) is 6.36. The van der Waals surface area contributed by atoms with Gasteiger partial charge in [0.1, 0.15) is 19.0 Å². The summed E-state index contributed by atoms with van der Waals surface area (Å²) in [4.78, 5) is 46.8. The third-order valence-corrected chi connectivity index (χ3v) is 7.68. The molecule has 4 heterocycles. The number of carbonyl (C=O) groups excluding carboxylic acids is 3. The summed E-state index contributed by atoms with van der Waals surface area (Å²) in [5, 5.41) is 11.7. The van der Waals surface area contributed by atoms with Crippen LogP contribution in [0.1, 0.15) is 11.1 Å². The molecule has 1 spiro atoms. The lowest BCUT2D eigenvalue weighted by Gasteiger charge is -2.36. The van der Waals surface area contributed by atoms with Crippen molar-refractivity contribution in [2.24, 2.45) is 0 Å². The maximum Gasteiger partial charge on any atom is 0.296 e. The molecular formula is C29H29N3O7. The number of hydrogen-bond acceptors (Lipinski definition) is 8. The van der Waals surface area contributed by atoms with Crippen LogP contribution in [0.5, 0.6) is 11.5 Å². The normalized spacial score (nSPS) is 23.9. The molecule has 0 aromatic heterocycles. The van der Waals surface area contributed by atoms with Gasteiger partial charge in [0.25, 0.3) is 17.6 Å². The number of ketones is 1. The molecule has 1 atom stereocenters. The van der Waals surface area contributed by atoms with E-state index in [0.29, 0.717) is 68.8 Å². The molecule has 4 aliphatic rings. The molecule has 2 saturated heterocycles. The lowest BCUT2D eigenvalue weighted by atomic mass is 9.82. The van der Waals surface area contributed by atoms with Crippen LogP contribution in [0.2, 0.25) is 0 Å². The number of likely N-dealkylation sites (tertiary alicyclic amines) is 1. The number of benzene rings is 2. The minimum absolute atomic E-state index is 0.116. The number of para-hydroxylation sites is 1. The fourth-order valence-corrected chi connectivity index (χ4v) is 5.88. The van der Waals surface area contributed by atoms with Gasteiger partial charge in [-0.2, -0.15) is 0 Å². The maximum atomic E-state index is 14.4. The third kappa shape index (κ3) is 3.82. The predicted molar refractivity (Wildman–Crippen MR) is 142 cm³/mol. The molecule has 1 unspecified atom stereocenters. The van der Waals surface area contributed by atoms with Gasteiger partial charge in [0.2, 0.25) is 0 Å². The first-order chi connectivity index (χ1) is 19.0. The van der Waals surface area contributed by atoms with Crippen molar-refractivity contribution in [3.8, 4) is 11.5 Å². The summed E-state index contributed by atoms with van der Waals surface area (Å²) in [6.07, 6.45) is 1.59. The minimum Gasteiger partial charge on any atom is -0.507 e. The van der Waals surface area contributed by atoms with Crippen molar-refractivity contribution in [1.82, 2.24) is 9.80 Å². The highest BCUT2D eigenvalue weighted by Crippen LogP contribution is 2.53. The summed E-state index contributed by atoms with van der Waals surface area (Å²) in [6.45, 7) is 7.77. The van der Waals surface area contributed by atoms with Crippen molar-refractivity contribution in [1.29, 1.82) is 0 Å². The molecule has 0 radical (unpaired) electrons. The van der Waals surface area contributed by atoms with Gasteiger partial charge in [0.15, 0.2) is 17.0 Å². The van der Waals surface area contributed by atoms with Crippen LogP contribution >= 0.6 is 0 Å². The molecule has 0 aliphatic carbocycles. The first-order valence-corrected chi connectivity index (χ1v) is 13.0. The second-order valence-electron chi connectivity index (χ2n) is 9.75. The van der Waals surface area contributed by atoms with Gasteiger partial charge in [-0.15, -0.1) is 6.58 Å². The van der Waals surface area contributed by atoms with Gasteiger partial charge in [-0.3, -0.25) is 19.3 Å². The monoisotopic (exact) mass is 531 g/mol. The Hall–Kier alpha value is -4.15. The lowest BCUT2D eigenvalue weighted by Crippen LogP contribution is -2.54. The van der Waals surface area contributed by atoms with Crippen molar-refractivity contribution in [2.45, 2.75) is 5.54 Å². The van der Waals surface area contributed by atoms with Crippen LogP contribution < -0.4 is 14.4 Å². The van der Waals surface area contributed by atoms with Crippen molar-refractivity contribution >= 4 is 29.0 Å². The molecule has 10 nitrogen and oxygen atoms in total. The number of hydrogen-bond donors (Lipinski definition) is 1. The number of ether oxygens (including phenoxy) is 3. The number of carbonyl (C=O) groups is 3. The van der Waals surface area contributed by atoms with E-state index in [1.165, 1.54) is 9.80 Å². The zero-order valence-electron chi connectivity index (χ0n) is 21.4. The van der Waals surface area contributed by atoms with Gasteiger partial charge in [-0.25, -0.2) is 0 Å². The molecule has 2 fully saturated rings. The molecule has 2 aromatic rings. The molecule has 0 bridgehead atoms. The summed E-state index contributed by atoms with van der Waals surface area (Å²) in [5.74, 6) is -1.74. The quantitative estimate of drug-likeness (QED) is 0.261. The first-order valence-electron chi connectivity index (χ1n) is 13.0. The van der Waals surface area contributed by atoms with E-state index in [2.05, 4.69) is 11.5 Å². The molecular weight excluding hydrogens is 502 g/mol. The number of morpholine rings is 1. The van der Waals surface area contributed by atoms with E-state index in [-0.39, 0.29) is 24.2 Å². The van der Waals surface area contributed by atoms with E-state index in [4.69, 9.17) is 14.2 Å². The smallest absolute Gasteiger partial charge is 0.296 e. The van der Waals surface area contributed by atoms with Gasteiger partial charge in [0, 0.05) is 43.9 Å². The Morgan fingerprint density at radius 3 is 2.49 bits per heavy atom. The number of aliphatic hydroxyl groups is 1. The Labute approximate surface area is 225 Å². The standard InChI is InChI=1S/C29H29N3O7/c1-2-9-31-21-6-4-3-5-20(21)29(28(31)36)24(25(33)19-7-8-22-23(18-19)39-17-16-38-22)26(34)27(35)32(29)11-10-30-12-14-37-15-13-30/h2-8,18,33H,1,9-17H2/b25-24-. The van der Waals surface area contributed by atoms with E-state index in [0.717, 1.165) is 0 Å². The largest absolute Gasteiger partial charge is 0.507 e. The van der Waals surface area contributed by atoms with Crippen LogP contribution in [0.3, 0.4) is 0 Å². The van der Waals surface area contributed by atoms with Crippen LogP contribution in [0, 0.1) is 0 Å². The predicted octanol–water partition coefficient (Wildman–Crippen LogP) is 1.90. The molecule has 202 valence electrons. The van der Waals surface area contributed by atoms with Gasteiger partial charge in [-0.1, -0.05) is 24.3 Å². The number of anilines is 1. The molecule has 4 aliphatic heterocycles. The van der Waals surface area contributed by atoms with E-state index < -0.39 is 28.9 Å². The van der Waals surface area contributed by atoms with Gasteiger partial charge < -0.3 is 29.1 Å². The Morgan fingerprint density at radius 2 is 1.72 bits per heavy atom.